The third kappa shape index (κ3) is 6.66. The number of nitrogens with one attached hydrogen (secondary N) is 2. The van der Waals surface area contributed by atoms with Gasteiger partial charge in [-0.2, -0.15) is 0 Å². The Labute approximate surface area is 197 Å². The van der Waals surface area contributed by atoms with Crippen LogP contribution in [0, 0.1) is 0 Å². The fraction of sp³-hybridized carbons (Fsp3) is 0.208. The van der Waals surface area contributed by atoms with Gasteiger partial charge in [0.15, 0.2) is 0 Å². The molecule has 0 spiro atoms. The number of carbonyl (C=O) groups is 1. The number of hydrogen-bond donors (Lipinski definition) is 2. The quantitative estimate of drug-likeness (QED) is 0.396. The van der Waals surface area contributed by atoms with Crippen molar-refractivity contribution in [2.45, 2.75) is 24.7 Å². The third-order valence-electron chi connectivity index (χ3n) is 4.65. The minimum Gasteiger partial charge on any atom is -0.492 e. The zero-order chi connectivity index (χ0) is 23.0. The Morgan fingerprint density at radius 3 is 2.38 bits per heavy atom. The van der Waals surface area contributed by atoms with Crippen LogP contribution in [0.5, 0.6) is 5.75 Å². The smallest absolute Gasteiger partial charge is 0.255 e. The van der Waals surface area contributed by atoms with E-state index in [0.29, 0.717) is 41.0 Å². The van der Waals surface area contributed by atoms with E-state index in [1.807, 2.05) is 25.1 Å². The highest BCUT2D eigenvalue weighted by Crippen LogP contribution is 2.27. The number of ether oxygens (including phenoxy) is 1. The van der Waals surface area contributed by atoms with E-state index in [-0.39, 0.29) is 10.8 Å². The van der Waals surface area contributed by atoms with E-state index in [9.17, 15) is 13.2 Å². The average molecular weight is 517 g/mol. The van der Waals surface area contributed by atoms with Crippen LogP contribution in [-0.2, 0) is 16.4 Å². The summed E-state index contributed by atoms with van der Waals surface area (Å²) in [4.78, 5) is 12.8. The molecule has 0 aliphatic carbocycles. The first-order valence-electron chi connectivity index (χ1n) is 10.3. The first-order chi connectivity index (χ1) is 15.4. The summed E-state index contributed by atoms with van der Waals surface area (Å²) < 4.78 is 33.3. The largest absolute Gasteiger partial charge is 0.492 e. The molecule has 2 N–H and O–H groups in total. The summed E-state index contributed by atoms with van der Waals surface area (Å²) in [5, 5.41) is 2.78. The number of hydrogen-bond acceptors (Lipinski definition) is 4. The first-order valence-corrected chi connectivity index (χ1v) is 12.5. The fourth-order valence-electron chi connectivity index (χ4n) is 2.92. The second-order valence-electron chi connectivity index (χ2n) is 7.11. The molecule has 0 aliphatic heterocycles. The van der Waals surface area contributed by atoms with Gasteiger partial charge < -0.3 is 10.1 Å². The lowest BCUT2D eigenvalue weighted by Crippen LogP contribution is -2.24. The van der Waals surface area contributed by atoms with Gasteiger partial charge in [-0.05, 0) is 70.4 Å². The van der Waals surface area contributed by atoms with Crippen LogP contribution >= 0.6 is 15.9 Å². The maximum atomic E-state index is 12.6. The van der Waals surface area contributed by atoms with Crippen molar-refractivity contribution < 1.29 is 17.9 Å². The molecule has 0 aliphatic rings. The Bertz CT molecular complexity index is 1150. The van der Waals surface area contributed by atoms with Crippen LogP contribution in [0.15, 0.2) is 82.2 Å². The van der Waals surface area contributed by atoms with Crippen molar-refractivity contribution >= 4 is 37.5 Å². The molecular formula is C24H25BrN2O4S. The Balaban J connectivity index is 1.58. The maximum absolute atomic E-state index is 12.6. The number of amides is 1. The molecule has 32 heavy (non-hydrogen) atoms. The van der Waals surface area contributed by atoms with Crippen LogP contribution in [0.1, 0.15) is 29.3 Å². The highest BCUT2D eigenvalue weighted by molar-refractivity contribution is 9.10. The summed E-state index contributed by atoms with van der Waals surface area (Å²) in [7, 11) is -3.54. The normalized spacial score (nSPS) is 11.2. The number of rotatable bonds is 10. The van der Waals surface area contributed by atoms with Crippen LogP contribution in [0.25, 0.3) is 0 Å². The fourth-order valence-corrected chi connectivity index (χ4v) is 4.55. The van der Waals surface area contributed by atoms with E-state index in [1.54, 1.807) is 30.3 Å². The number of sulfonamides is 1. The van der Waals surface area contributed by atoms with Crippen molar-refractivity contribution in [3.63, 3.8) is 0 Å². The van der Waals surface area contributed by atoms with Gasteiger partial charge in [0.1, 0.15) is 5.75 Å². The lowest BCUT2D eigenvalue weighted by Gasteiger charge is -2.11. The molecule has 0 saturated carbocycles. The molecule has 0 heterocycles. The Hall–Kier alpha value is -2.68. The van der Waals surface area contributed by atoms with Gasteiger partial charge in [0, 0.05) is 24.2 Å². The van der Waals surface area contributed by atoms with Gasteiger partial charge >= 0.3 is 0 Å². The lowest BCUT2D eigenvalue weighted by atomic mass is 10.1. The molecule has 0 atom stereocenters. The third-order valence-corrected chi connectivity index (χ3v) is 6.75. The van der Waals surface area contributed by atoms with E-state index in [2.05, 4.69) is 38.1 Å². The molecule has 0 aromatic heterocycles. The van der Waals surface area contributed by atoms with E-state index in [4.69, 9.17) is 4.74 Å². The van der Waals surface area contributed by atoms with Gasteiger partial charge in [0.2, 0.25) is 10.0 Å². The van der Waals surface area contributed by atoms with Crippen molar-refractivity contribution in [1.82, 2.24) is 4.72 Å². The summed E-state index contributed by atoms with van der Waals surface area (Å²) in [6.07, 6.45) is 1.50. The van der Waals surface area contributed by atoms with Gasteiger partial charge in [-0.15, -0.1) is 0 Å². The van der Waals surface area contributed by atoms with Crippen LogP contribution in [-0.4, -0.2) is 27.5 Å². The summed E-state index contributed by atoms with van der Waals surface area (Å²) in [5.74, 6) is 0.355. The second-order valence-corrected chi connectivity index (χ2v) is 9.73. The molecule has 8 heteroatoms. The molecule has 6 nitrogen and oxygen atoms in total. The average Bonchev–Trinajstić information content (AvgIpc) is 2.80. The standard InChI is InChI=1S/C24H25BrN2O4S/c1-2-15-26-32(29,30)21-11-9-20(10-12-21)27-24(28)19-8-13-23(22(25)17-19)31-16-14-18-6-4-3-5-7-18/h3-13,17,26H,2,14-16H2,1H3,(H,27,28). The van der Waals surface area contributed by atoms with Crippen molar-refractivity contribution in [2.75, 3.05) is 18.5 Å². The predicted molar refractivity (Wildman–Crippen MR) is 130 cm³/mol. The topological polar surface area (TPSA) is 84.5 Å². The van der Waals surface area contributed by atoms with E-state index in [1.165, 1.54) is 17.7 Å². The van der Waals surface area contributed by atoms with Gasteiger partial charge in [-0.25, -0.2) is 13.1 Å². The van der Waals surface area contributed by atoms with Crippen LogP contribution in [0.2, 0.25) is 0 Å². The molecule has 0 saturated heterocycles. The molecule has 3 rings (SSSR count). The number of carbonyl (C=O) groups excluding carboxylic acids is 1. The van der Waals surface area contributed by atoms with Crippen LogP contribution in [0.3, 0.4) is 0 Å². The second kappa shape index (κ2) is 11.3. The van der Waals surface area contributed by atoms with Gasteiger partial charge in [0.25, 0.3) is 5.91 Å². The molecule has 0 bridgehead atoms. The Kier molecular flexibility index (Phi) is 8.44. The van der Waals surface area contributed by atoms with Gasteiger partial charge in [0.05, 0.1) is 16.0 Å². The lowest BCUT2D eigenvalue weighted by molar-refractivity contribution is 0.102. The Morgan fingerprint density at radius 1 is 1.00 bits per heavy atom. The molecule has 3 aromatic rings. The van der Waals surface area contributed by atoms with Crippen LogP contribution < -0.4 is 14.8 Å². The molecule has 3 aromatic carbocycles. The summed E-state index contributed by atoms with van der Waals surface area (Å²) in [6, 6.07) is 21.3. The maximum Gasteiger partial charge on any atom is 0.255 e. The Morgan fingerprint density at radius 2 is 1.72 bits per heavy atom. The number of anilines is 1. The van der Waals surface area contributed by atoms with Gasteiger partial charge in [-0.1, -0.05) is 37.3 Å². The van der Waals surface area contributed by atoms with Crippen molar-refractivity contribution in [3.8, 4) is 5.75 Å². The molecule has 168 valence electrons. The highest BCUT2D eigenvalue weighted by Gasteiger charge is 2.14. The highest BCUT2D eigenvalue weighted by atomic mass is 79.9. The first kappa shape index (κ1) is 24.0. The number of benzene rings is 3. The predicted octanol–water partition coefficient (Wildman–Crippen LogP) is 5.01. The van der Waals surface area contributed by atoms with E-state index < -0.39 is 10.0 Å². The van der Waals surface area contributed by atoms with E-state index >= 15 is 0 Å². The SMILES string of the molecule is CCCNS(=O)(=O)c1ccc(NC(=O)c2ccc(OCCc3ccccc3)c(Br)c2)cc1. The number of halogens is 1. The monoisotopic (exact) mass is 516 g/mol. The van der Waals surface area contributed by atoms with Crippen molar-refractivity contribution in [2.24, 2.45) is 0 Å². The van der Waals surface area contributed by atoms with E-state index in [0.717, 1.165) is 6.42 Å². The summed E-state index contributed by atoms with van der Waals surface area (Å²) in [6.45, 7) is 2.79. The zero-order valence-electron chi connectivity index (χ0n) is 17.7. The summed E-state index contributed by atoms with van der Waals surface area (Å²) in [5.41, 5.74) is 2.15. The van der Waals surface area contributed by atoms with Crippen LogP contribution in [0.4, 0.5) is 5.69 Å². The summed E-state index contributed by atoms with van der Waals surface area (Å²) >= 11 is 3.46. The van der Waals surface area contributed by atoms with Crippen molar-refractivity contribution in [3.05, 3.63) is 88.4 Å². The zero-order valence-corrected chi connectivity index (χ0v) is 20.1. The minimum atomic E-state index is -3.54. The minimum absolute atomic E-state index is 0.156. The molecule has 0 unspecified atom stereocenters. The molecule has 0 fully saturated rings. The molecular weight excluding hydrogens is 492 g/mol. The van der Waals surface area contributed by atoms with Crippen molar-refractivity contribution in [1.29, 1.82) is 0 Å². The molecule has 0 radical (unpaired) electrons. The van der Waals surface area contributed by atoms with Gasteiger partial charge in [-0.3, -0.25) is 4.79 Å². The molecule has 1 amide bonds.